The van der Waals surface area contributed by atoms with Gasteiger partial charge in [0.1, 0.15) is 0 Å². The minimum atomic E-state index is -5.44. The summed E-state index contributed by atoms with van der Waals surface area (Å²) in [4.78, 5) is 2.89. The van der Waals surface area contributed by atoms with Gasteiger partial charge in [-0.05, 0) is 6.20 Å². The Morgan fingerprint density at radius 1 is 1.07 bits per heavy atom. The van der Waals surface area contributed by atoms with Gasteiger partial charge < -0.3 is 12.9 Å². The molecule has 0 bridgehead atoms. The summed E-state index contributed by atoms with van der Waals surface area (Å²) < 4.78 is 71.9. The van der Waals surface area contributed by atoms with Crippen molar-refractivity contribution in [2.45, 2.75) is 6.18 Å². The van der Waals surface area contributed by atoms with E-state index in [0.717, 1.165) is 0 Å². The molecule has 78 valence electrons. The molecular weight excluding hydrogens is 250 g/mol. The molecule has 0 spiro atoms. The van der Waals surface area contributed by atoms with Crippen molar-refractivity contribution in [2.24, 2.45) is 0 Å². The zero-order valence-electron chi connectivity index (χ0n) is 7.52. The molecule has 1 nitrogen and oxygen atoms in total. The van der Waals surface area contributed by atoms with Crippen molar-refractivity contribution in [2.75, 3.05) is 0 Å². The third-order valence-electron chi connectivity index (χ3n) is 1.46. The van der Waals surface area contributed by atoms with Crippen LogP contribution < -0.4 is 56.8 Å². The summed E-state index contributed by atoms with van der Waals surface area (Å²) in [6.07, 6.45) is -4.08. The average molecular weight is 253 g/mol. The van der Waals surface area contributed by atoms with Crippen molar-refractivity contribution >= 4 is 12.4 Å². The van der Waals surface area contributed by atoms with Gasteiger partial charge in [-0.2, -0.15) is 13.2 Å². The number of hydrogen-bond acceptors (Lipinski definition) is 1. The fourth-order valence-corrected chi connectivity index (χ4v) is 0.792. The monoisotopic (exact) mass is 253 g/mol. The van der Waals surface area contributed by atoms with Crippen LogP contribution >= 0.6 is 0 Å². The van der Waals surface area contributed by atoms with Crippen LogP contribution in [0.5, 0.6) is 0 Å². The first-order valence-corrected chi connectivity index (χ1v) is 3.43. The standard InChI is InChI=1S/C6H3BF6N.K/c8-6(9,10)4-1-5(3-14-2-4)7(11,12)13;/h1-3H;/q-1;+1. The molecule has 0 saturated carbocycles. The molecule has 0 fully saturated rings. The summed E-state index contributed by atoms with van der Waals surface area (Å²) in [7, 11) is 0. The second-order valence-corrected chi connectivity index (χ2v) is 2.58. The summed E-state index contributed by atoms with van der Waals surface area (Å²) in [5, 5.41) is 0. The number of hydrogen-bond donors (Lipinski definition) is 0. The summed E-state index contributed by atoms with van der Waals surface area (Å²) in [5.41, 5.74) is -2.74. The molecule has 15 heavy (non-hydrogen) atoms. The van der Waals surface area contributed by atoms with E-state index in [0.29, 0.717) is 12.4 Å². The van der Waals surface area contributed by atoms with Crippen molar-refractivity contribution in [1.82, 2.24) is 4.98 Å². The number of pyridine rings is 1. The third-order valence-corrected chi connectivity index (χ3v) is 1.46. The summed E-state index contributed by atoms with van der Waals surface area (Å²) in [6, 6.07) is 0.0486. The maximum Gasteiger partial charge on any atom is 1.00 e. The van der Waals surface area contributed by atoms with E-state index < -0.39 is 24.2 Å². The summed E-state index contributed by atoms with van der Waals surface area (Å²) in [5.74, 6) is 0. The number of aromatic nitrogens is 1. The van der Waals surface area contributed by atoms with Gasteiger partial charge in [-0.1, -0.05) is 11.5 Å². The van der Waals surface area contributed by atoms with E-state index >= 15 is 0 Å². The molecule has 0 saturated heterocycles. The van der Waals surface area contributed by atoms with Gasteiger partial charge >= 0.3 is 64.5 Å². The SMILES string of the molecule is F[B-](F)(F)c1cncc(C(F)(F)F)c1.[K+]. The topological polar surface area (TPSA) is 12.9 Å². The molecule has 0 radical (unpaired) electrons. The van der Waals surface area contributed by atoms with E-state index in [1.165, 1.54) is 0 Å². The largest absolute Gasteiger partial charge is 1.00 e. The van der Waals surface area contributed by atoms with Crippen molar-refractivity contribution in [3.63, 3.8) is 0 Å². The quantitative estimate of drug-likeness (QED) is 0.469. The van der Waals surface area contributed by atoms with Gasteiger partial charge in [0.25, 0.3) is 0 Å². The summed E-state index contributed by atoms with van der Waals surface area (Å²) in [6.45, 7) is -5.44. The normalized spacial score (nSPS) is 12.1. The summed E-state index contributed by atoms with van der Waals surface area (Å²) >= 11 is 0. The van der Waals surface area contributed by atoms with Gasteiger partial charge in [0.2, 0.25) is 0 Å². The Balaban J connectivity index is 0.00000196. The van der Waals surface area contributed by atoms with Gasteiger partial charge in [-0.25, -0.2) is 0 Å². The minimum absolute atomic E-state index is 0. The molecule has 0 amide bonds. The van der Waals surface area contributed by atoms with Crippen molar-refractivity contribution in [3.05, 3.63) is 24.0 Å². The Hall–Kier alpha value is 0.431. The smallest absolute Gasteiger partial charge is 0.445 e. The molecular formula is C6H3BF6KN. The van der Waals surface area contributed by atoms with Gasteiger partial charge in [0.15, 0.2) is 0 Å². The number of nitrogens with zero attached hydrogens (tertiary/aromatic N) is 1. The first-order valence-electron chi connectivity index (χ1n) is 3.43. The Kier molecular flexibility index (Phi) is 5.32. The van der Waals surface area contributed by atoms with Gasteiger partial charge in [0.05, 0.1) is 5.56 Å². The second kappa shape index (κ2) is 5.17. The van der Waals surface area contributed by atoms with Crippen LogP contribution in [0.3, 0.4) is 0 Å². The van der Waals surface area contributed by atoms with E-state index in [2.05, 4.69) is 4.98 Å². The molecule has 0 aliphatic heterocycles. The van der Waals surface area contributed by atoms with Crippen LogP contribution in [0.25, 0.3) is 0 Å². The maximum atomic E-state index is 12.0. The van der Waals surface area contributed by atoms with Crippen LogP contribution in [0.4, 0.5) is 26.1 Å². The fraction of sp³-hybridized carbons (Fsp3) is 0.167. The fourth-order valence-electron chi connectivity index (χ4n) is 0.792. The zero-order chi connectivity index (χ0) is 11.0. The average Bonchev–Trinajstić information content (AvgIpc) is 2.01. The molecule has 0 aliphatic carbocycles. The van der Waals surface area contributed by atoms with Crippen molar-refractivity contribution < 1.29 is 77.5 Å². The van der Waals surface area contributed by atoms with E-state index in [1.54, 1.807) is 0 Å². The van der Waals surface area contributed by atoms with E-state index in [1.807, 2.05) is 0 Å². The molecule has 0 aliphatic rings. The van der Waals surface area contributed by atoms with E-state index in [-0.39, 0.29) is 57.5 Å². The molecule has 0 aromatic carbocycles. The third kappa shape index (κ3) is 4.43. The van der Waals surface area contributed by atoms with Crippen molar-refractivity contribution in [1.29, 1.82) is 0 Å². The van der Waals surface area contributed by atoms with Gasteiger partial charge in [-0.3, -0.25) is 4.98 Å². The second-order valence-electron chi connectivity index (χ2n) is 2.58. The Bertz CT molecular complexity index is 306. The van der Waals surface area contributed by atoms with Crippen LogP contribution in [-0.4, -0.2) is 12.0 Å². The van der Waals surface area contributed by atoms with E-state index in [4.69, 9.17) is 0 Å². The Labute approximate surface area is 124 Å². The predicted molar refractivity (Wildman–Crippen MR) is 38.0 cm³/mol. The molecule has 1 aromatic heterocycles. The molecule has 1 rings (SSSR count). The van der Waals surface area contributed by atoms with Crippen LogP contribution in [0.15, 0.2) is 18.5 Å². The molecule has 1 heterocycles. The van der Waals surface area contributed by atoms with E-state index in [9.17, 15) is 26.1 Å². The van der Waals surface area contributed by atoms with Gasteiger partial charge in [0, 0.05) is 6.20 Å². The van der Waals surface area contributed by atoms with Crippen LogP contribution in [-0.2, 0) is 6.18 Å². The Morgan fingerprint density at radius 3 is 2.00 bits per heavy atom. The minimum Gasteiger partial charge on any atom is -0.445 e. The van der Waals surface area contributed by atoms with Crippen LogP contribution in [0.2, 0.25) is 0 Å². The Morgan fingerprint density at radius 2 is 1.60 bits per heavy atom. The maximum absolute atomic E-state index is 12.0. The predicted octanol–water partition coefficient (Wildman–Crippen LogP) is -0.841. The first-order chi connectivity index (χ1) is 6.21. The number of halogens is 6. The zero-order valence-corrected chi connectivity index (χ0v) is 10.6. The molecule has 0 atom stereocenters. The van der Waals surface area contributed by atoms with Crippen LogP contribution in [0, 0.1) is 0 Å². The number of rotatable bonds is 1. The first kappa shape index (κ1) is 15.4. The molecule has 9 heteroatoms. The van der Waals surface area contributed by atoms with Gasteiger partial charge in [-0.15, -0.1) is 0 Å². The molecule has 0 unspecified atom stereocenters. The number of alkyl halides is 3. The molecule has 0 N–H and O–H groups in total. The van der Waals surface area contributed by atoms with Crippen molar-refractivity contribution in [3.8, 4) is 0 Å². The van der Waals surface area contributed by atoms with Crippen LogP contribution in [0.1, 0.15) is 5.56 Å². The molecule has 1 aromatic rings.